The van der Waals surface area contributed by atoms with Crippen molar-refractivity contribution in [1.29, 1.82) is 0 Å². The van der Waals surface area contributed by atoms with Crippen molar-refractivity contribution in [3.63, 3.8) is 0 Å². The first kappa shape index (κ1) is 11.7. The highest BCUT2D eigenvalue weighted by Gasteiger charge is 2.20. The van der Waals surface area contributed by atoms with E-state index in [0.717, 1.165) is 19.6 Å². The lowest BCUT2D eigenvalue weighted by Gasteiger charge is -2.32. The van der Waals surface area contributed by atoms with E-state index in [4.69, 9.17) is 0 Å². The lowest BCUT2D eigenvalue weighted by Crippen LogP contribution is -2.36. The quantitative estimate of drug-likeness (QED) is 0.826. The number of piperidine rings is 1. The molecule has 96 valence electrons. The zero-order chi connectivity index (χ0) is 12.2. The topological polar surface area (TPSA) is 59.7 Å². The predicted octanol–water partition coefficient (Wildman–Crippen LogP) is 1.04. The standard InChI is InChI=1S/C11H16N6S/c1-2-10(6-17-9-12-8-14-17)5-16(3-1)7-11-4-13-15-18-11/h4,8-10H,1-3,5-7H2. The molecule has 0 aliphatic carbocycles. The number of rotatable bonds is 4. The van der Waals surface area contributed by atoms with Crippen molar-refractivity contribution in [3.05, 3.63) is 23.7 Å². The van der Waals surface area contributed by atoms with Gasteiger partial charge in [0, 0.05) is 19.6 Å². The van der Waals surface area contributed by atoms with Gasteiger partial charge in [-0.1, -0.05) is 4.49 Å². The average Bonchev–Trinajstić information content (AvgIpc) is 3.03. The Hall–Kier alpha value is -1.34. The summed E-state index contributed by atoms with van der Waals surface area (Å²) in [5.41, 5.74) is 0. The molecule has 0 saturated carbocycles. The third-order valence-corrected chi connectivity index (χ3v) is 3.95. The van der Waals surface area contributed by atoms with Crippen LogP contribution in [0.3, 0.4) is 0 Å². The molecule has 0 spiro atoms. The molecule has 1 unspecified atom stereocenters. The summed E-state index contributed by atoms with van der Waals surface area (Å²) in [5, 5.41) is 8.07. The molecule has 0 bridgehead atoms. The highest BCUT2D eigenvalue weighted by atomic mass is 32.1. The minimum Gasteiger partial charge on any atom is -0.298 e. The first-order chi connectivity index (χ1) is 8.90. The van der Waals surface area contributed by atoms with Gasteiger partial charge in [0.2, 0.25) is 0 Å². The van der Waals surface area contributed by atoms with E-state index in [1.807, 2.05) is 10.9 Å². The highest BCUT2D eigenvalue weighted by Crippen LogP contribution is 2.20. The van der Waals surface area contributed by atoms with Crippen LogP contribution in [0.25, 0.3) is 0 Å². The molecular formula is C11H16N6S. The summed E-state index contributed by atoms with van der Waals surface area (Å²) >= 11 is 1.49. The van der Waals surface area contributed by atoms with E-state index in [2.05, 4.69) is 24.6 Å². The van der Waals surface area contributed by atoms with Crippen LogP contribution in [-0.4, -0.2) is 42.3 Å². The van der Waals surface area contributed by atoms with E-state index in [1.54, 1.807) is 12.7 Å². The molecule has 1 aliphatic heterocycles. The van der Waals surface area contributed by atoms with Crippen molar-refractivity contribution >= 4 is 11.5 Å². The van der Waals surface area contributed by atoms with E-state index in [0.29, 0.717) is 5.92 Å². The van der Waals surface area contributed by atoms with Gasteiger partial charge in [-0.15, -0.1) is 5.10 Å². The second-order valence-corrected chi connectivity index (χ2v) is 5.61. The Morgan fingerprint density at radius 2 is 2.44 bits per heavy atom. The zero-order valence-corrected chi connectivity index (χ0v) is 11.0. The van der Waals surface area contributed by atoms with Crippen molar-refractivity contribution in [1.82, 2.24) is 29.3 Å². The predicted molar refractivity (Wildman–Crippen MR) is 67.9 cm³/mol. The van der Waals surface area contributed by atoms with E-state index in [-0.39, 0.29) is 0 Å². The molecule has 1 aliphatic rings. The summed E-state index contributed by atoms with van der Waals surface area (Å²) in [5.74, 6) is 0.668. The molecule has 3 heterocycles. The molecule has 0 aromatic carbocycles. The van der Waals surface area contributed by atoms with Gasteiger partial charge in [0.25, 0.3) is 0 Å². The van der Waals surface area contributed by atoms with Crippen LogP contribution < -0.4 is 0 Å². The summed E-state index contributed by atoms with van der Waals surface area (Å²) < 4.78 is 5.84. The molecule has 7 heteroatoms. The molecule has 6 nitrogen and oxygen atoms in total. The number of hydrogen-bond donors (Lipinski definition) is 0. The maximum atomic E-state index is 4.18. The van der Waals surface area contributed by atoms with Crippen LogP contribution >= 0.6 is 11.5 Å². The average molecular weight is 264 g/mol. The molecule has 2 aromatic heterocycles. The Bertz CT molecular complexity index is 412. The van der Waals surface area contributed by atoms with Crippen LogP contribution in [0.5, 0.6) is 0 Å². The summed E-state index contributed by atoms with van der Waals surface area (Å²) in [4.78, 5) is 7.72. The Balaban J connectivity index is 1.55. The first-order valence-corrected chi connectivity index (χ1v) is 6.98. The van der Waals surface area contributed by atoms with Gasteiger partial charge in [0.1, 0.15) is 12.7 Å². The number of aromatic nitrogens is 5. The smallest absolute Gasteiger partial charge is 0.137 e. The van der Waals surface area contributed by atoms with E-state index < -0.39 is 0 Å². The van der Waals surface area contributed by atoms with Gasteiger partial charge in [-0.25, -0.2) is 4.98 Å². The van der Waals surface area contributed by atoms with Crippen molar-refractivity contribution in [2.75, 3.05) is 13.1 Å². The van der Waals surface area contributed by atoms with Crippen molar-refractivity contribution in [3.8, 4) is 0 Å². The molecule has 2 aromatic rings. The summed E-state index contributed by atoms with van der Waals surface area (Å²) in [6, 6.07) is 0. The van der Waals surface area contributed by atoms with Crippen LogP contribution in [-0.2, 0) is 13.1 Å². The maximum absolute atomic E-state index is 4.18. The molecule has 1 fully saturated rings. The largest absolute Gasteiger partial charge is 0.298 e. The molecule has 3 rings (SSSR count). The van der Waals surface area contributed by atoms with Gasteiger partial charge in [-0.05, 0) is 36.8 Å². The number of nitrogens with zero attached hydrogens (tertiary/aromatic N) is 6. The van der Waals surface area contributed by atoms with Crippen molar-refractivity contribution < 1.29 is 0 Å². The highest BCUT2D eigenvalue weighted by molar-refractivity contribution is 7.05. The second kappa shape index (κ2) is 5.53. The van der Waals surface area contributed by atoms with Gasteiger partial charge in [-0.2, -0.15) is 5.10 Å². The Labute approximate surface area is 110 Å². The second-order valence-electron chi connectivity index (χ2n) is 4.74. The van der Waals surface area contributed by atoms with E-state index in [1.165, 1.54) is 35.8 Å². The van der Waals surface area contributed by atoms with Crippen molar-refractivity contribution in [2.45, 2.75) is 25.9 Å². The summed E-state index contributed by atoms with van der Waals surface area (Å²) in [6.07, 6.45) is 7.80. The summed E-state index contributed by atoms with van der Waals surface area (Å²) in [7, 11) is 0. The van der Waals surface area contributed by atoms with Crippen LogP contribution in [0.1, 0.15) is 17.7 Å². The fourth-order valence-electron chi connectivity index (χ4n) is 2.51. The van der Waals surface area contributed by atoms with Crippen LogP contribution in [0.2, 0.25) is 0 Å². The lowest BCUT2D eigenvalue weighted by molar-refractivity contribution is 0.154. The number of hydrogen-bond acceptors (Lipinski definition) is 6. The monoisotopic (exact) mass is 264 g/mol. The van der Waals surface area contributed by atoms with Crippen LogP contribution in [0.15, 0.2) is 18.9 Å². The summed E-state index contributed by atoms with van der Waals surface area (Å²) in [6.45, 7) is 4.24. The number of likely N-dealkylation sites (tertiary alicyclic amines) is 1. The van der Waals surface area contributed by atoms with Crippen LogP contribution in [0.4, 0.5) is 0 Å². The minimum absolute atomic E-state index is 0.668. The Morgan fingerprint density at radius 1 is 1.44 bits per heavy atom. The van der Waals surface area contributed by atoms with Gasteiger partial charge in [-0.3, -0.25) is 9.58 Å². The SMILES string of the molecule is c1ncn(CC2CCCN(Cc3cnns3)C2)n1. The molecular weight excluding hydrogens is 248 g/mol. The van der Waals surface area contributed by atoms with E-state index in [9.17, 15) is 0 Å². The molecule has 0 amide bonds. The molecule has 0 N–H and O–H groups in total. The lowest BCUT2D eigenvalue weighted by atomic mass is 9.98. The molecule has 0 radical (unpaired) electrons. The van der Waals surface area contributed by atoms with E-state index >= 15 is 0 Å². The minimum atomic E-state index is 0.668. The first-order valence-electron chi connectivity index (χ1n) is 6.21. The van der Waals surface area contributed by atoms with Gasteiger partial charge in [0.15, 0.2) is 0 Å². The van der Waals surface area contributed by atoms with Gasteiger partial charge >= 0.3 is 0 Å². The molecule has 1 atom stereocenters. The fraction of sp³-hybridized carbons (Fsp3) is 0.636. The zero-order valence-electron chi connectivity index (χ0n) is 10.1. The molecule has 1 saturated heterocycles. The van der Waals surface area contributed by atoms with Crippen LogP contribution in [0, 0.1) is 5.92 Å². The Kier molecular flexibility index (Phi) is 3.61. The third-order valence-electron chi connectivity index (χ3n) is 3.30. The molecule has 18 heavy (non-hydrogen) atoms. The maximum Gasteiger partial charge on any atom is 0.137 e. The van der Waals surface area contributed by atoms with Gasteiger partial charge < -0.3 is 0 Å². The van der Waals surface area contributed by atoms with Gasteiger partial charge in [0.05, 0.1) is 11.1 Å². The Morgan fingerprint density at radius 3 is 3.22 bits per heavy atom. The third kappa shape index (κ3) is 2.91. The fourth-order valence-corrected chi connectivity index (χ4v) is 3.05. The normalized spacial score (nSPS) is 21.2. The van der Waals surface area contributed by atoms with Crippen molar-refractivity contribution in [2.24, 2.45) is 5.92 Å².